The molecular formula is C25H26N6O3. The lowest BCUT2D eigenvalue weighted by Crippen LogP contribution is -2.35. The zero-order valence-electron chi connectivity index (χ0n) is 19.2. The molecule has 0 bridgehead atoms. The maximum atomic E-state index is 11.0. The molecule has 4 heterocycles. The van der Waals surface area contributed by atoms with E-state index in [2.05, 4.69) is 20.0 Å². The first-order valence-electron chi connectivity index (χ1n) is 11.2. The van der Waals surface area contributed by atoms with Crippen LogP contribution in [0.3, 0.4) is 0 Å². The Hall–Kier alpha value is -3.69. The van der Waals surface area contributed by atoms with Crippen LogP contribution in [0.25, 0.3) is 17.0 Å². The molecule has 4 aromatic rings. The molecule has 1 aromatic carbocycles. The average molecular weight is 459 g/mol. The first-order chi connectivity index (χ1) is 16.5. The number of β-amino-alcohol motifs (C(OH)–C–C–N with tert-alkyl or cyclic N) is 1. The van der Waals surface area contributed by atoms with Crippen LogP contribution in [0.2, 0.25) is 0 Å². The number of nitrogens with zero attached hydrogens (tertiary/aromatic N) is 6. The fraction of sp³-hybridized carbons (Fsp3) is 0.320. The second-order valence-corrected chi connectivity index (χ2v) is 8.59. The molecule has 9 heteroatoms. The van der Waals surface area contributed by atoms with Gasteiger partial charge in [0.2, 0.25) is 0 Å². The van der Waals surface area contributed by atoms with Crippen molar-refractivity contribution in [2.45, 2.75) is 39.5 Å². The van der Waals surface area contributed by atoms with E-state index in [0.29, 0.717) is 25.5 Å². The minimum atomic E-state index is -0.653. The Morgan fingerprint density at radius 2 is 2.09 bits per heavy atom. The summed E-state index contributed by atoms with van der Waals surface area (Å²) in [6.07, 6.45) is 5.42. The van der Waals surface area contributed by atoms with E-state index in [9.17, 15) is 9.90 Å². The van der Waals surface area contributed by atoms with Crippen molar-refractivity contribution in [3.8, 4) is 5.95 Å². The summed E-state index contributed by atoms with van der Waals surface area (Å²) in [5, 5.41) is 15.4. The van der Waals surface area contributed by atoms with Crippen LogP contribution in [-0.2, 0) is 29.1 Å². The van der Waals surface area contributed by atoms with Crippen molar-refractivity contribution < 1.29 is 14.6 Å². The first kappa shape index (κ1) is 22.1. The lowest BCUT2D eigenvalue weighted by Gasteiger charge is -2.30. The molecule has 0 fully saturated rings. The Kier molecular flexibility index (Phi) is 6.04. The predicted octanol–water partition coefficient (Wildman–Crippen LogP) is 2.59. The number of benzene rings is 1. The Labute approximate surface area is 197 Å². The van der Waals surface area contributed by atoms with E-state index in [1.165, 1.54) is 0 Å². The van der Waals surface area contributed by atoms with E-state index >= 15 is 0 Å². The number of carbonyl (C=O) groups is 1. The molecule has 1 aliphatic rings. The zero-order valence-corrected chi connectivity index (χ0v) is 19.2. The molecule has 0 aliphatic carbocycles. The number of ether oxygens (including phenoxy) is 1. The van der Waals surface area contributed by atoms with Crippen molar-refractivity contribution in [1.29, 1.82) is 0 Å². The SMILES string of the molecule is Cc1ccc(C(O)CN2CCc3nc(-n4ncc5ncccc54)ncc3C2)c(C)c1COC=O. The van der Waals surface area contributed by atoms with Crippen LogP contribution >= 0.6 is 0 Å². The van der Waals surface area contributed by atoms with Crippen molar-refractivity contribution in [1.82, 2.24) is 29.6 Å². The van der Waals surface area contributed by atoms with Crippen molar-refractivity contribution in [2.75, 3.05) is 13.1 Å². The normalized spacial score (nSPS) is 14.7. The van der Waals surface area contributed by atoms with Crippen molar-refractivity contribution in [3.63, 3.8) is 0 Å². The second-order valence-electron chi connectivity index (χ2n) is 8.59. The number of fused-ring (bicyclic) bond motifs is 2. The molecular weight excluding hydrogens is 432 g/mol. The summed E-state index contributed by atoms with van der Waals surface area (Å²) in [6, 6.07) is 7.74. The van der Waals surface area contributed by atoms with Gasteiger partial charge in [0, 0.05) is 44.0 Å². The zero-order chi connectivity index (χ0) is 23.7. The number of carbonyl (C=O) groups excluding carboxylic acids is 1. The van der Waals surface area contributed by atoms with E-state index in [0.717, 1.165) is 57.5 Å². The highest BCUT2D eigenvalue weighted by Crippen LogP contribution is 2.27. The fourth-order valence-electron chi connectivity index (χ4n) is 4.60. The van der Waals surface area contributed by atoms with Gasteiger partial charge in [-0.1, -0.05) is 12.1 Å². The van der Waals surface area contributed by atoms with Gasteiger partial charge >= 0.3 is 0 Å². The molecule has 0 radical (unpaired) electrons. The third kappa shape index (κ3) is 4.15. The number of aromatic nitrogens is 5. The molecule has 1 aliphatic heterocycles. The number of pyridine rings is 1. The lowest BCUT2D eigenvalue weighted by molar-refractivity contribution is -0.129. The number of rotatable bonds is 7. The van der Waals surface area contributed by atoms with Crippen molar-refractivity contribution >= 4 is 17.5 Å². The molecule has 5 rings (SSSR count). The van der Waals surface area contributed by atoms with E-state index in [-0.39, 0.29) is 6.61 Å². The Morgan fingerprint density at radius 3 is 2.94 bits per heavy atom. The number of aryl methyl sites for hydroxylation is 1. The molecule has 174 valence electrons. The molecule has 0 amide bonds. The Morgan fingerprint density at radius 1 is 1.21 bits per heavy atom. The smallest absolute Gasteiger partial charge is 0.293 e. The number of hydrogen-bond acceptors (Lipinski definition) is 8. The number of aliphatic hydroxyl groups excluding tert-OH is 1. The van der Waals surface area contributed by atoms with Gasteiger partial charge in [-0.25, -0.2) is 9.97 Å². The van der Waals surface area contributed by atoms with Gasteiger partial charge in [-0.2, -0.15) is 9.78 Å². The monoisotopic (exact) mass is 458 g/mol. The molecule has 9 nitrogen and oxygen atoms in total. The number of aliphatic hydroxyl groups is 1. The third-order valence-electron chi connectivity index (χ3n) is 6.49. The molecule has 0 saturated heterocycles. The van der Waals surface area contributed by atoms with Crippen LogP contribution in [0.4, 0.5) is 0 Å². The van der Waals surface area contributed by atoms with Crippen LogP contribution in [-0.4, -0.2) is 54.3 Å². The Bertz CT molecular complexity index is 1350. The van der Waals surface area contributed by atoms with Crippen LogP contribution in [0.1, 0.15) is 39.6 Å². The first-order valence-corrected chi connectivity index (χ1v) is 11.2. The van der Waals surface area contributed by atoms with Crippen LogP contribution in [0, 0.1) is 13.8 Å². The quantitative estimate of drug-likeness (QED) is 0.421. The summed E-state index contributed by atoms with van der Waals surface area (Å²) in [5.74, 6) is 0.538. The summed E-state index contributed by atoms with van der Waals surface area (Å²) >= 11 is 0. The van der Waals surface area contributed by atoms with Gasteiger partial charge in [-0.3, -0.25) is 14.7 Å². The van der Waals surface area contributed by atoms with E-state index in [1.54, 1.807) is 17.1 Å². The fourth-order valence-corrected chi connectivity index (χ4v) is 4.60. The van der Waals surface area contributed by atoms with Gasteiger partial charge in [0.05, 0.1) is 23.5 Å². The second kappa shape index (κ2) is 9.28. The van der Waals surface area contributed by atoms with Gasteiger partial charge in [-0.15, -0.1) is 0 Å². The number of hydrogen-bond donors (Lipinski definition) is 1. The van der Waals surface area contributed by atoms with Crippen LogP contribution in [0.5, 0.6) is 0 Å². The third-order valence-corrected chi connectivity index (χ3v) is 6.49. The highest BCUT2D eigenvalue weighted by molar-refractivity contribution is 5.74. The lowest BCUT2D eigenvalue weighted by atomic mass is 9.94. The van der Waals surface area contributed by atoms with Gasteiger partial charge in [0.1, 0.15) is 12.1 Å². The van der Waals surface area contributed by atoms with Gasteiger partial charge in [0.25, 0.3) is 12.4 Å². The van der Waals surface area contributed by atoms with Gasteiger partial charge in [0.15, 0.2) is 0 Å². The molecule has 1 atom stereocenters. The predicted molar refractivity (Wildman–Crippen MR) is 125 cm³/mol. The summed E-state index contributed by atoms with van der Waals surface area (Å²) < 4.78 is 6.68. The van der Waals surface area contributed by atoms with Gasteiger partial charge < -0.3 is 9.84 Å². The molecule has 1 unspecified atom stereocenters. The molecule has 0 spiro atoms. The van der Waals surface area contributed by atoms with Crippen molar-refractivity contribution in [2.24, 2.45) is 0 Å². The van der Waals surface area contributed by atoms with Crippen LogP contribution < -0.4 is 0 Å². The van der Waals surface area contributed by atoms with E-state index < -0.39 is 6.10 Å². The molecule has 3 aromatic heterocycles. The van der Waals surface area contributed by atoms with E-state index in [4.69, 9.17) is 9.72 Å². The summed E-state index contributed by atoms with van der Waals surface area (Å²) in [4.78, 5) is 26.5. The largest absolute Gasteiger partial charge is 0.463 e. The standard InChI is InChI=1S/C25H26N6O3/c1-16-5-6-19(17(2)20(16)14-34-15-32)24(33)13-30-9-7-21-18(12-30)10-27-25(29-21)31-23-4-3-8-26-22(23)11-28-31/h3-6,8,10-11,15,24,33H,7,9,12-14H2,1-2H3. The summed E-state index contributed by atoms with van der Waals surface area (Å²) in [6.45, 7) is 6.55. The maximum absolute atomic E-state index is 11.0. The minimum absolute atomic E-state index is 0.208. The van der Waals surface area contributed by atoms with Crippen LogP contribution in [0.15, 0.2) is 42.9 Å². The average Bonchev–Trinajstić information content (AvgIpc) is 3.28. The summed E-state index contributed by atoms with van der Waals surface area (Å²) in [5.41, 5.74) is 7.52. The molecule has 1 N–H and O–H groups in total. The Balaban J connectivity index is 1.31. The highest BCUT2D eigenvalue weighted by atomic mass is 16.5. The highest BCUT2D eigenvalue weighted by Gasteiger charge is 2.23. The van der Waals surface area contributed by atoms with Gasteiger partial charge in [-0.05, 0) is 48.2 Å². The molecule has 34 heavy (non-hydrogen) atoms. The molecule has 0 saturated carbocycles. The maximum Gasteiger partial charge on any atom is 0.293 e. The topological polar surface area (TPSA) is 106 Å². The summed E-state index contributed by atoms with van der Waals surface area (Å²) in [7, 11) is 0. The van der Waals surface area contributed by atoms with E-state index in [1.807, 2.05) is 44.3 Å². The van der Waals surface area contributed by atoms with Crippen molar-refractivity contribution in [3.05, 3.63) is 76.4 Å². The minimum Gasteiger partial charge on any atom is -0.463 e.